The quantitative estimate of drug-likeness (QED) is 0.811. The van der Waals surface area contributed by atoms with Gasteiger partial charge in [-0.25, -0.2) is 4.98 Å². The van der Waals surface area contributed by atoms with E-state index in [1.807, 2.05) is 24.4 Å². The standard InChI is InChI=1S/C14H17NO2/c1-9(2)13-8-15-14(17-4)11-6-5-10(16-3)7-12(11)13/h5-9H,1-4H3. The molecule has 0 radical (unpaired) electrons. The number of pyridine rings is 1. The average Bonchev–Trinajstić information content (AvgIpc) is 2.36. The van der Waals surface area contributed by atoms with Crippen molar-refractivity contribution in [2.24, 2.45) is 0 Å². The summed E-state index contributed by atoms with van der Waals surface area (Å²) in [7, 11) is 3.32. The fourth-order valence-corrected chi connectivity index (χ4v) is 1.97. The zero-order valence-electron chi connectivity index (χ0n) is 10.7. The maximum Gasteiger partial charge on any atom is 0.221 e. The second-order valence-corrected chi connectivity index (χ2v) is 4.29. The smallest absolute Gasteiger partial charge is 0.221 e. The van der Waals surface area contributed by atoms with Crippen LogP contribution in [0.15, 0.2) is 24.4 Å². The molecule has 0 atom stereocenters. The molecule has 0 amide bonds. The Balaban J connectivity index is 2.76. The fraction of sp³-hybridized carbons (Fsp3) is 0.357. The monoisotopic (exact) mass is 231 g/mol. The summed E-state index contributed by atoms with van der Waals surface area (Å²) in [5, 5.41) is 2.17. The van der Waals surface area contributed by atoms with Gasteiger partial charge in [-0.3, -0.25) is 0 Å². The molecular weight excluding hydrogens is 214 g/mol. The molecule has 0 bridgehead atoms. The zero-order chi connectivity index (χ0) is 12.4. The molecule has 1 aromatic heterocycles. The van der Waals surface area contributed by atoms with Gasteiger partial charge >= 0.3 is 0 Å². The van der Waals surface area contributed by atoms with Crippen LogP contribution >= 0.6 is 0 Å². The molecule has 0 fully saturated rings. The van der Waals surface area contributed by atoms with Crippen LogP contribution in [0.5, 0.6) is 11.6 Å². The number of nitrogens with zero attached hydrogens (tertiary/aromatic N) is 1. The molecule has 3 heteroatoms. The molecule has 90 valence electrons. The van der Waals surface area contributed by atoms with Gasteiger partial charge in [-0.05, 0) is 35.1 Å². The van der Waals surface area contributed by atoms with Crippen LogP contribution in [0.25, 0.3) is 10.8 Å². The molecule has 0 saturated heterocycles. The SMILES string of the molecule is COc1ccc2c(OC)ncc(C(C)C)c2c1. The molecule has 1 heterocycles. The summed E-state index contributed by atoms with van der Waals surface area (Å²) in [4.78, 5) is 4.34. The Morgan fingerprint density at radius 1 is 1.06 bits per heavy atom. The van der Waals surface area contributed by atoms with Gasteiger partial charge in [0, 0.05) is 11.6 Å². The Hall–Kier alpha value is -1.77. The van der Waals surface area contributed by atoms with Gasteiger partial charge in [-0.1, -0.05) is 13.8 Å². The van der Waals surface area contributed by atoms with Crippen LogP contribution in [0.1, 0.15) is 25.3 Å². The van der Waals surface area contributed by atoms with Crippen LogP contribution in [-0.4, -0.2) is 19.2 Å². The Morgan fingerprint density at radius 2 is 1.82 bits per heavy atom. The molecule has 2 aromatic rings. The number of fused-ring (bicyclic) bond motifs is 1. The fourth-order valence-electron chi connectivity index (χ4n) is 1.97. The number of methoxy groups -OCH3 is 2. The van der Waals surface area contributed by atoms with E-state index in [-0.39, 0.29) is 0 Å². The predicted octanol–water partition coefficient (Wildman–Crippen LogP) is 3.38. The van der Waals surface area contributed by atoms with Gasteiger partial charge in [0.1, 0.15) is 5.75 Å². The zero-order valence-corrected chi connectivity index (χ0v) is 10.7. The molecule has 0 aliphatic heterocycles. The molecule has 0 aliphatic rings. The minimum Gasteiger partial charge on any atom is -0.497 e. The summed E-state index contributed by atoms with van der Waals surface area (Å²) in [5.74, 6) is 1.93. The van der Waals surface area contributed by atoms with Crippen molar-refractivity contribution in [2.75, 3.05) is 14.2 Å². The van der Waals surface area contributed by atoms with Crippen LogP contribution < -0.4 is 9.47 Å². The molecule has 0 aliphatic carbocycles. The van der Waals surface area contributed by atoms with Crippen molar-refractivity contribution in [3.05, 3.63) is 30.0 Å². The van der Waals surface area contributed by atoms with Crippen molar-refractivity contribution in [2.45, 2.75) is 19.8 Å². The number of aromatic nitrogens is 1. The van der Waals surface area contributed by atoms with Crippen LogP contribution in [0.3, 0.4) is 0 Å². The second-order valence-electron chi connectivity index (χ2n) is 4.29. The number of hydrogen-bond donors (Lipinski definition) is 0. The molecule has 2 rings (SSSR count). The van der Waals surface area contributed by atoms with Gasteiger partial charge in [-0.15, -0.1) is 0 Å². The number of benzene rings is 1. The Bertz CT molecular complexity index is 535. The summed E-state index contributed by atoms with van der Waals surface area (Å²) < 4.78 is 10.6. The highest BCUT2D eigenvalue weighted by molar-refractivity contribution is 5.91. The van der Waals surface area contributed by atoms with E-state index in [0.717, 1.165) is 16.5 Å². The highest BCUT2D eigenvalue weighted by Gasteiger charge is 2.11. The highest BCUT2D eigenvalue weighted by Crippen LogP contribution is 2.32. The second kappa shape index (κ2) is 4.62. The van der Waals surface area contributed by atoms with Crippen molar-refractivity contribution in [1.82, 2.24) is 4.98 Å². The molecule has 3 nitrogen and oxygen atoms in total. The van der Waals surface area contributed by atoms with Gasteiger partial charge in [0.2, 0.25) is 5.88 Å². The van der Waals surface area contributed by atoms with Crippen molar-refractivity contribution in [1.29, 1.82) is 0 Å². The average molecular weight is 231 g/mol. The van der Waals surface area contributed by atoms with Crippen LogP contribution in [0.2, 0.25) is 0 Å². The lowest BCUT2D eigenvalue weighted by molar-refractivity contribution is 0.402. The van der Waals surface area contributed by atoms with Crippen molar-refractivity contribution in [3.63, 3.8) is 0 Å². The Labute approximate surface area is 101 Å². The summed E-state index contributed by atoms with van der Waals surface area (Å²) in [6.07, 6.45) is 1.88. The van der Waals surface area contributed by atoms with Crippen LogP contribution in [-0.2, 0) is 0 Å². The molecule has 0 unspecified atom stereocenters. The summed E-state index contributed by atoms with van der Waals surface area (Å²) >= 11 is 0. The first-order chi connectivity index (χ1) is 8.17. The lowest BCUT2D eigenvalue weighted by atomic mass is 9.98. The third-order valence-electron chi connectivity index (χ3n) is 2.90. The highest BCUT2D eigenvalue weighted by atomic mass is 16.5. The van der Waals surface area contributed by atoms with E-state index in [2.05, 4.69) is 18.8 Å². The number of hydrogen-bond acceptors (Lipinski definition) is 3. The van der Waals surface area contributed by atoms with E-state index < -0.39 is 0 Å². The lowest BCUT2D eigenvalue weighted by Gasteiger charge is -2.13. The third-order valence-corrected chi connectivity index (χ3v) is 2.90. The molecule has 0 spiro atoms. The van der Waals surface area contributed by atoms with Crippen molar-refractivity contribution >= 4 is 10.8 Å². The number of ether oxygens (including phenoxy) is 2. The number of rotatable bonds is 3. The molecule has 1 aromatic carbocycles. The topological polar surface area (TPSA) is 31.4 Å². The van der Waals surface area contributed by atoms with E-state index in [0.29, 0.717) is 11.8 Å². The first kappa shape index (κ1) is 11.7. The lowest BCUT2D eigenvalue weighted by Crippen LogP contribution is -1.96. The van der Waals surface area contributed by atoms with Gasteiger partial charge in [0.25, 0.3) is 0 Å². The summed E-state index contributed by atoms with van der Waals surface area (Å²) in [6, 6.07) is 5.96. The van der Waals surface area contributed by atoms with E-state index in [1.165, 1.54) is 5.56 Å². The first-order valence-corrected chi connectivity index (χ1v) is 5.68. The summed E-state index contributed by atoms with van der Waals surface area (Å²) in [5.41, 5.74) is 1.21. The van der Waals surface area contributed by atoms with Crippen molar-refractivity contribution < 1.29 is 9.47 Å². The van der Waals surface area contributed by atoms with Crippen LogP contribution in [0.4, 0.5) is 0 Å². The Morgan fingerprint density at radius 3 is 2.41 bits per heavy atom. The molecule has 17 heavy (non-hydrogen) atoms. The van der Waals surface area contributed by atoms with Crippen LogP contribution in [0, 0.1) is 0 Å². The first-order valence-electron chi connectivity index (χ1n) is 5.68. The normalized spacial score (nSPS) is 10.9. The molecule has 0 N–H and O–H groups in total. The predicted molar refractivity (Wildman–Crippen MR) is 68.9 cm³/mol. The van der Waals surface area contributed by atoms with E-state index in [9.17, 15) is 0 Å². The molecular formula is C14H17NO2. The van der Waals surface area contributed by atoms with Gasteiger partial charge in [-0.2, -0.15) is 0 Å². The Kier molecular flexibility index (Phi) is 3.18. The summed E-state index contributed by atoms with van der Waals surface area (Å²) in [6.45, 7) is 4.31. The largest absolute Gasteiger partial charge is 0.497 e. The van der Waals surface area contributed by atoms with E-state index in [4.69, 9.17) is 9.47 Å². The van der Waals surface area contributed by atoms with Crippen molar-refractivity contribution in [3.8, 4) is 11.6 Å². The van der Waals surface area contributed by atoms with Gasteiger partial charge in [0.05, 0.1) is 14.2 Å². The maximum absolute atomic E-state index is 5.28. The third kappa shape index (κ3) is 2.05. The van der Waals surface area contributed by atoms with E-state index in [1.54, 1.807) is 14.2 Å². The van der Waals surface area contributed by atoms with Gasteiger partial charge in [0.15, 0.2) is 0 Å². The van der Waals surface area contributed by atoms with Gasteiger partial charge < -0.3 is 9.47 Å². The minimum absolute atomic E-state index is 0.419. The maximum atomic E-state index is 5.28. The van der Waals surface area contributed by atoms with E-state index >= 15 is 0 Å². The minimum atomic E-state index is 0.419. The molecule has 0 saturated carbocycles.